The van der Waals surface area contributed by atoms with Gasteiger partial charge in [0.05, 0.1) is 5.75 Å². The number of likely N-dealkylation sites (tertiary alicyclic amines) is 1. The zero-order chi connectivity index (χ0) is 13.8. The van der Waals surface area contributed by atoms with Crippen LogP contribution in [0.25, 0.3) is 11.4 Å². The normalized spacial score (nSPS) is 14.7. The van der Waals surface area contributed by atoms with Gasteiger partial charge in [0.25, 0.3) is 0 Å². The summed E-state index contributed by atoms with van der Waals surface area (Å²) in [6, 6.07) is 3.73. The number of rotatable bonds is 4. The van der Waals surface area contributed by atoms with E-state index in [1.54, 1.807) is 12.4 Å². The summed E-state index contributed by atoms with van der Waals surface area (Å²) < 4.78 is 0. The number of hydrogen-bond acceptors (Lipinski definition) is 5. The first-order valence-electron chi connectivity index (χ1n) is 6.56. The summed E-state index contributed by atoms with van der Waals surface area (Å²) >= 11 is 1.37. The van der Waals surface area contributed by atoms with Crippen molar-refractivity contribution in [1.82, 2.24) is 25.1 Å². The van der Waals surface area contributed by atoms with E-state index in [0.29, 0.717) is 16.7 Å². The Kier molecular flexibility index (Phi) is 3.96. The molecule has 6 nitrogen and oxygen atoms in total. The maximum absolute atomic E-state index is 11.9. The first-order chi connectivity index (χ1) is 9.83. The molecule has 20 heavy (non-hydrogen) atoms. The van der Waals surface area contributed by atoms with Gasteiger partial charge in [0.1, 0.15) is 0 Å². The molecule has 7 heteroatoms. The van der Waals surface area contributed by atoms with Gasteiger partial charge in [-0.3, -0.25) is 14.9 Å². The molecule has 1 fully saturated rings. The van der Waals surface area contributed by atoms with Crippen molar-refractivity contribution >= 4 is 17.7 Å². The Bertz CT molecular complexity index is 579. The molecule has 0 atom stereocenters. The van der Waals surface area contributed by atoms with Crippen LogP contribution in [-0.4, -0.2) is 49.8 Å². The highest BCUT2D eigenvalue weighted by Crippen LogP contribution is 2.19. The first-order valence-corrected chi connectivity index (χ1v) is 7.55. The molecule has 0 aromatic carbocycles. The lowest BCUT2D eigenvalue weighted by molar-refractivity contribution is -0.127. The summed E-state index contributed by atoms with van der Waals surface area (Å²) in [5.41, 5.74) is 0.935. The van der Waals surface area contributed by atoms with Crippen LogP contribution in [0.4, 0.5) is 0 Å². The summed E-state index contributed by atoms with van der Waals surface area (Å²) in [6.45, 7) is 1.77. The molecule has 1 saturated heterocycles. The molecule has 1 aliphatic rings. The molecule has 3 rings (SSSR count). The zero-order valence-corrected chi connectivity index (χ0v) is 11.8. The smallest absolute Gasteiger partial charge is 0.233 e. The van der Waals surface area contributed by atoms with Crippen molar-refractivity contribution in [2.45, 2.75) is 18.0 Å². The van der Waals surface area contributed by atoms with Gasteiger partial charge in [-0.15, -0.1) is 5.10 Å². The summed E-state index contributed by atoms with van der Waals surface area (Å²) in [4.78, 5) is 22.2. The summed E-state index contributed by atoms with van der Waals surface area (Å²) in [5, 5.41) is 7.61. The zero-order valence-electron chi connectivity index (χ0n) is 11.0. The number of hydrogen-bond donors (Lipinski definition) is 1. The van der Waals surface area contributed by atoms with E-state index < -0.39 is 0 Å². The van der Waals surface area contributed by atoms with Gasteiger partial charge >= 0.3 is 0 Å². The Morgan fingerprint density at radius 3 is 2.80 bits per heavy atom. The lowest BCUT2D eigenvalue weighted by Gasteiger charge is -2.13. The number of amides is 1. The molecule has 1 aliphatic heterocycles. The molecular formula is C13H15N5OS. The minimum absolute atomic E-state index is 0.169. The number of carbonyl (C=O) groups excluding carboxylic acids is 1. The average molecular weight is 289 g/mol. The minimum Gasteiger partial charge on any atom is -0.342 e. The second-order valence-electron chi connectivity index (χ2n) is 4.58. The molecule has 2 aromatic rings. The predicted molar refractivity (Wildman–Crippen MR) is 76.2 cm³/mol. The van der Waals surface area contributed by atoms with Crippen molar-refractivity contribution in [1.29, 1.82) is 0 Å². The second kappa shape index (κ2) is 6.04. The molecule has 0 spiro atoms. The third-order valence-electron chi connectivity index (χ3n) is 3.20. The number of aromatic nitrogens is 4. The fraction of sp³-hybridized carbons (Fsp3) is 0.385. The fourth-order valence-electron chi connectivity index (χ4n) is 2.13. The molecule has 0 bridgehead atoms. The Morgan fingerprint density at radius 2 is 2.05 bits per heavy atom. The maximum Gasteiger partial charge on any atom is 0.233 e. The third kappa shape index (κ3) is 2.98. The number of H-pyrrole nitrogens is 1. The number of carbonyl (C=O) groups is 1. The Labute approximate surface area is 121 Å². The van der Waals surface area contributed by atoms with Crippen molar-refractivity contribution in [2.24, 2.45) is 0 Å². The highest BCUT2D eigenvalue weighted by Gasteiger charge is 2.18. The Morgan fingerprint density at radius 1 is 1.30 bits per heavy atom. The van der Waals surface area contributed by atoms with Gasteiger partial charge in [0.15, 0.2) is 5.82 Å². The van der Waals surface area contributed by atoms with Gasteiger partial charge in [0.2, 0.25) is 11.1 Å². The molecule has 0 radical (unpaired) electrons. The number of nitrogens with one attached hydrogen (secondary N) is 1. The van der Waals surface area contributed by atoms with E-state index >= 15 is 0 Å². The minimum atomic E-state index is 0.169. The van der Waals surface area contributed by atoms with E-state index in [2.05, 4.69) is 20.2 Å². The molecule has 104 valence electrons. The van der Waals surface area contributed by atoms with Crippen molar-refractivity contribution < 1.29 is 4.79 Å². The molecular weight excluding hydrogens is 274 g/mol. The number of thioether (sulfide) groups is 1. The maximum atomic E-state index is 11.9. The van der Waals surface area contributed by atoms with Crippen LogP contribution in [0.2, 0.25) is 0 Å². The molecule has 0 saturated carbocycles. The van der Waals surface area contributed by atoms with Crippen LogP contribution in [0.15, 0.2) is 29.7 Å². The second-order valence-corrected chi connectivity index (χ2v) is 5.52. The van der Waals surface area contributed by atoms with Gasteiger partial charge in [-0.2, -0.15) is 0 Å². The van der Waals surface area contributed by atoms with Crippen molar-refractivity contribution in [3.05, 3.63) is 24.5 Å². The van der Waals surface area contributed by atoms with Crippen LogP contribution in [0.3, 0.4) is 0 Å². The van der Waals surface area contributed by atoms with Crippen LogP contribution in [0.1, 0.15) is 12.8 Å². The molecule has 0 unspecified atom stereocenters. The van der Waals surface area contributed by atoms with E-state index in [0.717, 1.165) is 31.5 Å². The number of nitrogens with zero attached hydrogens (tertiary/aromatic N) is 4. The highest BCUT2D eigenvalue weighted by atomic mass is 32.2. The van der Waals surface area contributed by atoms with E-state index in [9.17, 15) is 4.79 Å². The monoisotopic (exact) mass is 289 g/mol. The van der Waals surface area contributed by atoms with Crippen molar-refractivity contribution in [3.63, 3.8) is 0 Å². The summed E-state index contributed by atoms with van der Waals surface area (Å²) in [6.07, 6.45) is 5.65. The van der Waals surface area contributed by atoms with E-state index in [4.69, 9.17) is 0 Å². The molecule has 2 aromatic heterocycles. The van der Waals surface area contributed by atoms with E-state index in [-0.39, 0.29) is 5.91 Å². The number of aromatic amines is 1. The quantitative estimate of drug-likeness (QED) is 0.865. The van der Waals surface area contributed by atoms with Gasteiger partial charge in [0, 0.05) is 31.0 Å². The molecule has 1 N–H and O–H groups in total. The lowest BCUT2D eigenvalue weighted by Crippen LogP contribution is -2.29. The van der Waals surface area contributed by atoms with Crippen LogP contribution in [0.5, 0.6) is 0 Å². The SMILES string of the molecule is O=C(CSc1n[nH]c(-c2ccncc2)n1)N1CCCC1. The predicted octanol–water partition coefficient (Wildman–Crippen LogP) is 1.58. The topological polar surface area (TPSA) is 74.8 Å². The van der Waals surface area contributed by atoms with Crippen LogP contribution in [0, 0.1) is 0 Å². The van der Waals surface area contributed by atoms with Gasteiger partial charge < -0.3 is 4.90 Å². The lowest BCUT2D eigenvalue weighted by atomic mass is 10.3. The molecule has 1 amide bonds. The van der Waals surface area contributed by atoms with Crippen molar-refractivity contribution in [2.75, 3.05) is 18.8 Å². The van der Waals surface area contributed by atoms with Gasteiger partial charge in [-0.1, -0.05) is 11.8 Å². The van der Waals surface area contributed by atoms with Crippen LogP contribution in [-0.2, 0) is 4.79 Å². The van der Waals surface area contributed by atoms with Crippen LogP contribution < -0.4 is 0 Å². The standard InChI is InChI=1S/C13H15N5OS/c19-11(18-7-1-2-8-18)9-20-13-15-12(16-17-13)10-3-5-14-6-4-10/h3-6H,1-2,7-9H2,(H,15,16,17). The average Bonchev–Trinajstić information content (AvgIpc) is 3.17. The summed E-state index contributed by atoms with van der Waals surface area (Å²) in [7, 11) is 0. The fourth-order valence-corrected chi connectivity index (χ4v) is 2.84. The summed E-state index contributed by atoms with van der Waals surface area (Å²) in [5.74, 6) is 1.26. The third-order valence-corrected chi connectivity index (χ3v) is 4.03. The van der Waals surface area contributed by atoms with Crippen LogP contribution >= 0.6 is 11.8 Å². The number of pyridine rings is 1. The van der Waals surface area contributed by atoms with Crippen molar-refractivity contribution in [3.8, 4) is 11.4 Å². The first kappa shape index (κ1) is 13.1. The largest absolute Gasteiger partial charge is 0.342 e. The van der Waals surface area contributed by atoms with E-state index in [1.807, 2.05) is 17.0 Å². The Hall–Kier alpha value is -1.89. The Balaban J connectivity index is 1.59. The van der Waals surface area contributed by atoms with Gasteiger partial charge in [-0.25, -0.2) is 4.98 Å². The van der Waals surface area contributed by atoms with Gasteiger partial charge in [-0.05, 0) is 25.0 Å². The molecule has 3 heterocycles. The van der Waals surface area contributed by atoms with E-state index in [1.165, 1.54) is 11.8 Å². The highest BCUT2D eigenvalue weighted by molar-refractivity contribution is 7.99. The molecule has 0 aliphatic carbocycles.